The Labute approximate surface area is 101 Å². The SMILES string of the molecule is O=c1[nH]cnc(N(CCO)C2CC2)c1I. The molecule has 0 aromatic carbocycles. The Morgan fingerprint density at radius 3 is 3.00 bits per heavy atom. The molecule has 2 N–H and O–H groups in total. The van der Waals surface area contributed by atoms with Crippen molar-refractivity contribution < 1.29 is 5.11 Å². The van der Waals surface area contributed by atoms with Crippen molar-refractivity contribution in [2.24, 2.45) is 0 Å². The largest absolute Gasteiger partial charge is 0.395 e. The number of aromatic amines is 1. The molecule has 1 fully saturated rings. The number of anilines is 1. The fraction of sp³-hybridized carbons (Fsp3) is 0.556. The van der Waals surface area contributed by atoms with Gasteiger partial charge < -0.3 is 15.0 Å². The molecule has 1 saturated carbocycles. The second kappa shape index (κ2) is 4.48. The van der Waals surface area contributed by atoms with Gasteiger partial charge in [0.1, 0.15) is 9.39 Å². The lowest BCUT2D eigenvalue weighted by atomic mass is 10.4. The molecule has 6 heteroatoms. The highest BCUT2D eigenvalue weighted by atomic mass is 127. The fourth-order valence-corrected chi connectivity index (χ4v) is 2.13. The van der Waals surface area contributed by atoms with Gasteiger partial charge in [-0.05, 0) is 35.4 Å². The van der Waals surface area contributed by atoms with E-state index >= 15 is 0 Å². The quantitative estimate of drug-likeness (QED) is 0.785. The van der Waals surface area contributed by atoms with Crippen LogP contribution in [0.2, 0.25) is 0 Å². The lowest BCUT2D eigenvalue weighted by Gasteiger charge is -2.22. The Bertz CT molecular complexity index is 403. The first kappa shape index (κ1) is 10.9. The number of hydrogen-bond acceptors (Lipinski definition) is 4. The van der Waals surface area contributed by atoms with Crippen LogP contribution in [-0.4, -0.2) is 34.3 Å². The molecule has 0 saturated heterocycles. The molecule has 0 aliphatic heterocycles. The van der Waals surface area contributed by atoms with E-state index in [4.69, 9.17) is 5.11 Å². The molecule has 0 spiro atoms. The van der Waals surface area contributed by atoms with Gasteiger partial charge in [-0.3, -0.25) is 4.79 Å². The maximum atomic E-state index is 11.4. The second-order valence-corrected chi connectivity index (χ2v) is 4.60. The van der Waals surface area contributed by atoms with Crippen molar-refractivity contribution >= 4 is 28.4 Å². The minimum Gasteiger partial charge on any atom is -0.395 e. The first-order valence-electron chi connectivity index (χ1n) is 4.84. The highest BCUT2D eigenvalue weighted by Gasteiger charge is 2.31. The third-order valence-electron chi connectivity index (χ3n) is 2.38. The highest BCUT2D eigenvalue weighted by Crippen LogP contribution is 2.31. The highest BCUT2D eigenvalue weighted by molar-refractivity contribution is 14.1. The van der Waals surface area contributed by atoms with Gasteiger partial charge in [0, 0.05) is 12.6 Å². The number of hydrogen-bond donors (Lipinski definition) is 2. The minimum atomic E-state index is -0.121. The molecule has 0 atom stereocenters. The topological polar surface area (TPSA) is 69.2 Å². The third kappa shape index (κ3) is 2.31. The van der Waals surface area contributed by atoms with Gasteiger partial charge in [-0.1, -0.05) is 0 Å². The predicted molar refractivity (Wildman–Crippen MR) is 65.0 cm³/mol. The van der Waals surface area contributed by atoms with Crippen LogP contribution >= 0.6 is 22.6 Å². The molecule has 0 amide bonds. The van der Waals surface area contributed by atoms with Crippen molar-refractivity contribution in [3.05, 3.63) is 20.3 Å². The Kier molecular flexibility index (Phi) is 3.25. The molecule has 82 valence electrons. The minimum absolute atomic E-state index is 0.0844. The zero-order valence-electron chi connectivity index (χ0n) is 8.11. The molecule has 1 aliphatic carbocycles. The Morgan fingerprint density at radius 2 is 2.40 bits per heavy atom. The Morgan fingerprint density at radius 1 is 1.67 bits per heavy atom. The van der Waals surface area contributed by atoms with Crippen molar-refractivity contribution in [3.8, 4) is 0 Å². The van der Waals surface area contributed by atoms with Crippen LogP contribution in [0.15, 0.2) is 11.1 Å². The molecule has 5 nitrogen and oxygen atoms in total. The Balaban J connectivity index is 2.32. The maximum Gasteiger partial charge on any atom is 0.266 e. The van der Waals surface area contributed by atoms with Crippen molar-refractivity contribution in [2.45, 2.75) is 18.9 Å². The summed E-state index contributed by atoms with van der Waals surface area (Å²) in [6.45, 7) is 0.623. The van der Waals surface area contributed by atoms with Gasteiger partial charge in [0.2, 0.25) is 0 Å². The lowest BCUT2D eigenvalue weighted by molar-refractivity contribution is 0.301. The van der Waals surface area contributed by atoms with E-state index in [2.05, 4.69) is 9.97 Å². The molecule has 0 unspecified atom stereocenters. The number of aliphatic hydroxyl groups excluding tert-OH is 1. The van der Waals surface area contributed by atoms with E-state index in [1.807, 2.05) is 27.5 Å². The van der Waals surface area contributed by atoms with E-state index in [1.54, 1.807) is 0 Å². The van der Waals surface area contributed by atoms with Gasteiger partial charge >= 0.3 is 0 Å². The van der Waals surface area contributed by atoms with Crippen LogP contribution in [-0.2, 0) is 0 Å². The van der Waals surface area contributed by atoms with Crippen LogP contribution in [0, 0.1) is 3.57 Å². The molecule has 2 rings (SSSR count). The monoisotopic (exact) mass is 321 g/mol. The van der Waals surface area contributed by atoms with Crippen molar-refractivity contribution in [3.63, 3.8) is 0 Å². The van der Waals surface area contributed by atoms with Crippen molar-refractivity contribution in [1.29, 1.82) is 0 Å². The summed E-state index contributed by atoms with van der Waals surface area (Å²) in [4.78, 5) is 20.1. The summed E-state index contributed by atoms with van der Waals surface area (Å²) in [7, 11) is 0. The van der Waals surface area contributed by atoms with Gasteiger partial charge in [0.05, 0.1) is 12.9 Å². The van der Waals surface area contributed by atoms with Crippen molar-refractivity contribution in [2.75, 3.05) is 18.1 Å². The lowest BCUT2D eigenvalue weighted by Crippen LogP contribution is -2.32. The second-order valence-electron chi connectivity index (χ2n) is 3.52. The van der Waals surface area contributed by atoms with Gasteiger partial charge in [0.25, 0.3) is 5.56 Å². The molecule has 15 heavy (non-hydrogen) atoms. The van der Waals surface area contributed by atoms with Gasteiger partial charge in [-0.2, -0.15) is 0 Å². The number of aliphatic hydroxyl groups is 1. The van der Waals surface area contributed by atoms with Crippen LogP contribution < -0.4 is 10.5 Å². The predicted octanol–water partition coefficient (Wildman–Crippen LogP) is 0.336. The summed E-state index contributed by atoms with van der Waals surface area (Å²) in [5.41, 5.74) is -0.121. The zero-order chi connectivity index (χ0) is 10.8. The molecule has 0 radical (unpaired) electrons. The number of H-pyrrole nitrogens is 1. The first-order valence-corrected chi connectivity index (χ1v) is 5.92. The Hall–Kier alpha value is -0.630. The molecular weight excluding hydrogens is 309 g/mol. The number of halogens is 1. The molecule has 1 aromatic rings. The molecule has 0 bridgehead atoms. The number of rotatable bonds is 4. The summed E-state index contributed by atoms with van der Waals surface area (Å²) < 4.78 is 0.593. The van der Waals surface area contributed by atoms with Crippen LogP contribution in [0.5, 0.6) is 0 Å². The van der Waals surface area contributed by atoms with Crippen LogP contribution in [0.25, 0.3) is 0 Å². The summed E-state index contributed by atoms with van der Waals surface area (Å²) >= 11 is 1.99. The van der Waals surface area contributed by atoms with E-state index in [9.17, 15) is 4.79 Å². The van der Waals surface area contributed by atoms with E-state index in [1.165, 1.54) is 6.33 Å². The van der Waals surface area contributed by atoms with E-state index < -0.39 is 0 Å². The summed E-state index contributed by atoms with van der Waals surface area (Å²) in [6, 6.07) is 0.444. The molecule has 1 aromatic heterocycles. The molecule has 1 aliphatic rings. The third-order valence-corrected chi connectivity index (χ3v) is 3.35. The van der Waals surface area contributed by atoms with Crippen molar-refractivity contribution in [1.82, 2.24) is 9.97 Å². The van der Waals surface area contributed by atoms with Gasteiger partial charge in [-0.15, -0.1) is 0 Å². The van der Waals surface area contributed by atoms with E-state index in [0.717, 1.165) is 12.8 Å². The number of nitrogens with zero attached hydrogens (tertiary/aromatic N) is 2. The average Bonchev–Trinajstić information content (AvgIpc) is 3.03. The number of aromatic nitrogens is 2. The average molecular weight is 321 g/mol. The summed E-state index contributed by atoms with van der Waals surface area (Å²) in [5, 5.41) is 8.98. The van der Waals surface area contributed by atoms with E-state index in [-0.39, 0.29) is 12.2 Å². The smallest absolute Gasteiger partial charge is 0.266 e. The number of nitrogens with one attached hydrogen (secondary N) is 1. The fourth-order valence-electron chi connectivity index (χ4n) is 1.53. The van der Waals surface area contributed by atoms with Gasteiger partial charge in [0.15, 0.2) is 0 Å². The van der Waals surface area contributed by atoms with Crippen LogP contribution in [0.1, 0.15) is 12.8 Å². The van der Waals surface area contributed by atoms with Crippen LogP contribution in [0.4, 0.5) is 5.82 Å². The maximum absolute atomic E-state index is 11.4. The van der Waals surface area contributed by atoms with Gasteiger partial charge in [-0.25, -0.2) is 4.98 Å². The first-order chi connectivity index (χ1) is 7.24. The standard InChI is InChI=1S/C9H12IN3O2/c10-7-8(11-5-12-9(7)15)13(3-4-14)6-1-2-6/h5-6,14H,1-4H2,(H,11,12,15). The summed E-state index contributed by atoms with van der Waals surface area (Å²) in [5.74, 6) is 0.691. The van der Waals surface area contributed by atoms with E-state index in [0.29, 0.717) is 22.0 Å². The van der Waals surface area contributed by atoms with Crippen LogP contribution in [0.3, 0.4) is 0 Å². The normalized spacial score (nSPS) is 15.3. The summed E-state index contributed by atoms with van der Waals surface area (Å²) in [6.07, 6.45) is 3.64. The molecular formula is C9H12IN3O2. The zero-order valence-corrected chi connectivity index (χ0v) is 10.3. The molecule has 1 heterocycles.